The molecule has 2 aromatic heterocycles. The molecule has 25 heavy (non-hydrogen) atoms. The Morgan fingerprint density at radius 2 is 2.08 bits per heavy atom. The van der Waals surface area contributed by atoms with E-state index in [1.807, 2.05) is 47.3 Å². The number of benzene rings is 1. The third-order valence-electron chi connectivity index (χ3n) is 4.01. The van der Waals surface area contributed by atoms with Crippen molar-refractivity contribution in [3.8, 4) is 0 Å². The summed E-state index contributed by atoms with van der Waals surface area (Å²) in [7, 11) is 0. The van der Waals surface area contributed by atoms with E-state index in [1.165, 1.54) is 0 Å². The zero-order valence-electron chi connectivity index (χ0n) is 13.2. The van der Waals surface area contributed by atoms with Crippen molar-refractivity contribution < 1.29 is 0 Å². The number of rotatable bonds is 4. The highest BCUT2D eigenvalue weighted by Crippen LogP contribution is 2.35. The third-order valence-corrected chi connectivity index (χ3v) is 4.93. The number of nitrogens with one attached hydrogen (secondary N) is 2. The Kier molecular flexibility index (Phi) is 4.46. The molecule has 7 heteroatoms. The largest absolute Gasteiger partial charge is 0.366 e. The van der Waals surface area contributed by atoms with E-state index in [-0.39, 0.29) is 6.04 Å². The van der Waals surface area contributed by atoms with Gasteiger partial charge in [0.15, 0.2) is 0 Å². The van der Waals surface area contributed by atoms with Crippen LogP contribution < -0.4 is 10.6 Å². The molecule has 0 spiro atoms. The number of hydrogen-bond donors (Lipinski definition) is 2. The summed E-state index contributed by atoms with van der Waals surface area (Å²) in [6.07, 6.45) is 7.48. The van der Waals surface area contributed by atoms with Crippen LogP contribution in [0.15, 0.2) is 65.5 Å². The second kappa shape index (κ2) is 6.90. The molecular formula is C18H15BrClN5. The van der Waals surface area contributed by atoms with Gasteiger partial charge in [0.05, 0.1) is 16.7 Å². The zero-order valence-corrected chi connectivity index (χ0v) is 15.5. The van der Waals surface area contributed by atoms with Gasteiger partial charge in [0.2, 0.25) is 0 Å². The minimum Gasteiger partial charge on any atom is -0.366 e. The maximum atomic E-state index is 6.39. The van der Waals surface area contributed by atoms with Crippen molar-refractivity contribution >= 4 is 39.2 Å². The van der Waals surface area contributed by atoms with E-state index < -0.39 is 0 Å². The van der Waals surface area contributed by atoms with Crippen molar-refractivity contribution in [2.45, 2.75) is 12.6 Å². The number of pyridine rings is 1. The highest BCUT2D eigenvalue weighted by atomic mass is 79.9. The van der Waals surface area contributed by atoms with Gasteiger partial charge in [0, 0.05) is 24.0 Å². The lowest BCUT2D eigenvalue weighted by atomic mass is 10.1. The van der Waals surface area contributed by atoms with E-state index in [0.717, 1.165) is 32.3 Å². The van der Waals surface area contributed by atoms with Crippen molar-refractivity contribution in [2.24, 2.45) is 0 Å². The van der Waals surface area contributed by atoms with Gasteiger partial charge >= 0.3 is 0 Å². The molecule has 0 fully saturated rings. The maximum Gasteiger partial charge on any atom is 0.146 e. The Bertz CT molecular complexity index is 922. The summed E-state index contributed by atoms with van der Waals surface area (Å²) in [6, 6.07) is 11.8. The van der Waals surface area contributed by atoms with Crippen LogP contribution in [-0.4, -0.2) is 14.8 Å². The molecule has 2 N–H and O–H groups in total. The summed E-state index contributed by atoms with van der Waals surface area (Å²) in [6.45, 7) is 0.659. The number of fused-ring (bicyclic) bond motifs is 1. The first-order chi connectivity index (χ1) is 12.2. The van der Waals surface area contributed by atoms with Gasteiger partial charge in [0.1, 0.15) is 11.6 Å². The van der Waals surface area contributed by atoms with Gasteiger partial charge in [-0.2, -0.15) is 5.10 Å². The summed E-state index contributed by atoms with van der Waals surface area (Å²) >= 11 is 9.94. The van der Waals surface area contributed by atoms with Crippen LogP contribution in [0.1, 0.15) is 17.2 Å². The fourth-order valence-corrected chi connectivity index (χ4v) is 3.41. The van der Waals surface area contributed by atoms with Crippen molar-refractivity contribution in [1.82, 2.24) is 20.1 Å². The molecule has 0 bridgehead atoms. The van der Waals surface area contributed by atoms with Crippen LogP contribution in [0.4, 0.5) is 5.82 Å². The Labute approximate surface area is 158 Å². The van der Waals surface area contributed by atoms with Crippen molar-refractivity contribution in [1.29, 1.82) is 0 Å². The number of hydrogen-bond acceptors (Lipinski definition) is 4. The van der Waals surface area contributed by atoms with Crippen molar-refractivity contribution in [3.63, 3.8) is 0 Å². The molecule has 126 valence electrons. The highest BCUT2D eigenvalue weighted by molar-refractivity contribution is 9.10. The minimum atomic E-state index is -0.0504. The number of halogens is 2. The van der Waals surface area contributed by atoms with Crippen LogP contribution in [0.25, 0.3) is 5.82 Å². The topological polar surface area (TPSA) is 54.8 Å². The van der Waals surface area contributed by atoms with E-state index in [2.05, 4.69) is 42.7 Å². The molecule has 0 amide bonds. The molecule has 0 saturated heterocycles. The van der Waals surface area contributed by atoms with Crippen LogP contribution >= 0.6 is 27.5 Å². The molecule has 1 atom stereocenters. The van der Waals surface area contributed by atoms with E-state index in [0.29, 0.717) is 6.54 Å². The van der Waals surface area contributed by atoms with Crippen LogP contribution in [0, 0.1) is 0 Å². The van der Waals surface area contributed by atoms with Gasteiger partial charge in [0.25, 0.3) is 0 Å². The lowest BCUT2D eigenvalue weighted by Crippen LogP contribution is -2.26. The maximum absolute atomic E-state index is 6.39. The molecule has 0 radical (unpaired) electrons. The number of nitrogens with zero attached hydrogens (tertiary/aromatic N) is 3. The fraction of sp³-hybridized carbons (Fsp3) is 0.111. The number of aromatic nitrogens is 3. The summed E-state index contributed by atoms with van der Waals surface area (Å²) in [5.74, 6) is 1.79. The van der Waals surface area contributed by atoms with Gasteiger partial charge in [-0.1, -0.05) is 35.9 Å². The molecule has 1 aliphatic heterocycles. The first-order valence-electron chi connectivity index (χ1n) is 7.82. The Morgan fingerprint density at radius 3 is 2.88 bits per heavy atom. The third kappa shape index (κ3) is 3.27. The van der Waals surface area contributed by atoms with Gasteiger partial charge in [-0.25, -0.2) is 4.68 Å². The Morgan fingerprint density at radius 1 is 1.20 bits per heavy atom. The first-order valence-corrected chi connectivity index (χ1v) is 8.99. The van der Waals surface area contributed by atoms with Crippen molar-refractivity contribution in [2.75, 3.05) is 5.32 Å². The normalized spacial score (nSPS) is 15.9. The summed E-state index contributed by atoms with van der Waals surface area (Å²) in [5, 5.41) is 12.1. The van der Waals surface area contributed by atoms with E-state index in [9.17, 15) is 0 Å². The minimum absolute atomic E-state index is 0.0504. The van der Waals surface area contributed by atoms with Crippen LogP contribution in [-0.2, 0) is 6.54 Å². The zero-order chi connectivity index (χ0) is 17.2. The second-order valence-corrected chi connectivity index (χ2v) is 6.92. The van der Waals surface area contributed by atoms with Crippen molar-refractivity contribution in [3.05, 3.63) is 81.7 Å². The van der Waals surface area contributed by atoms with E-state index >= 15 is 0 Å². The molecule has 5 nitrogen and oxygen atoms in total. The predicted octanol–water partition coefficient (Wildman–Crippen LogP) is 4.45. The molecular weight excluding hydrogens is 402 g/mol. The number of anilines is 1. The van der Waals surface area contributed by atoms with Gasteiger partial charge < -0.3 is 10.6 Å². The first kappa shape index (κ1) is 16.2. The van der Waals surface area contributed by atoms with Crippen LogP contribution in [0.2, 0.25) is 5.02 Å². The average Bonchev–Trinajstić information content (AvgIpc) is 3.02. The Hall–Kier alpha value is -2.31. The predicted molar refractivity (Wildman–Crippen MR) is 103 cm³/mol. The quantitative estimate of drug-likeness (QED) is 0.660. The summed E-state index contributed by atoms with van der Waals surface area (Å²) < 4.78 is 2.74. The molecule has 1 aliphatic rings. The van der Waals surface area contributed by atoms with Gasteiger partial charge in [-0.15, -0.1) is 0 Å². The summed E-state index contributed by atoms with van der Waals surface area (Å²) in [5.41, 5.74) is 2.12. The lowest BCUT2D eigenvalue weighted by Gasteiger charge is -2.26. The monoisotopic (exact) mass is 415 g/mol. The van der Waals surface area contributed by atoms with E-state index in [1.54, 1.807) is 12.4 Å². The Balaban J connectivity index is 1.67. The lowest BCUT2D eigenvalue weighted by molar-refractivity contribution is 0.737. The SMILES string of the molecule is Clc1ccccc1C1C=C(NCc2cccnc2)n2ncc(Br)c2N1. The van der Waals surface area contributed by atoms with Gasteiger partial charge in [-0.3, -0.25) is 4.98 Å². The molecule has 0 aliphatic carbocycles. The molecule has 1 aromatic carbocycles. The standard InChI is InChI=1S/C18H15BrClN5/c19-14-11-23-25-17(22-10-12-4-3-7-21-9-12)8-16(24-18(14)25)13-5-1-2-6-15(13)20/h1-9,11,16,22,24H,10H2. The van der Waals surface area contributed by atoms with Crippen LogP contribution in [0.3, 0.4) is 0 Å². The second-order valence-electron chi connectivity index (χ2n) is 5.66. The fourth-order valence-electron chi connectivity index (χ4n) is 2.78. The molecule has 0 saturated carbocycles. The molecule has 4 rings (SSSR count). The molecule has 1 unspecified atom stereocenters. The van der Waals surface area contributed by atoms with Crippen LogP contribution in [0.5, 0.6) is 0 Å². The van der Waals surface area contributed by atoms with Gasteiger partial charge in [-0.05, 0) is 45.3 Å². The molecule has 3 heterocycles. The average molecular weight is 417 g/mol. The van der Waals surface area contributed by atoms with E-state index in [4.69, 9.17) is 11.6 Å². The highest BCUT2D eigenvalue weighted by Gasteiger charge is 2.24. The smallest absolute Gasteiger partial charge is 0.146 e. The summed E-state index contributed by atoms with van der Waals surface area (Å²) in [4.78, 5) is 4.15. The molecule has 3 aromatic rings.